The molecule has 4 heteroatoms. The lowest BCUT2D eigenvalue weighted by Crippen LogP contribution is -2.15. The Bertz CT molecular complexity index is 340. The van der Waals surface area contributed by atoms with Crippen LogP contribution in [0.3, 0.4) is 0 Å². The lowest BCUT2D eigenvalue weighted by molar-refractivity contribution is -0.114. The Morgan fingerprint density at radius 1 is 1.50 bits per heavy atom. The standard InChI is InChI=1S/C10H13N3O/c14-9-2-1-8(7-9)11-4-3-10-12-5-6-13-10/h5-7,11H,1-4H2,(H,12,13). The van der Waals surface area contributed by atoms with Gasteiger partial charge in [-0.2, -0.15) is 0 Å². The quantitative estimate of drug-likeness (QED) is 0.739. The predicted octanol–water partition coefficient (Wildman–Crippen LogP) is 0.789. The number of carbonyl (C=O) groups is 1. The second kappa shape index (κ2) is 4.09. The van der Waals surface area contributed by atoms with E-state index < -0.39 is 0 Å². The average Bonchev–Trinajstić information content (AvgIpc) is 2.77. The van der Waals surface area contributed by atoms with Crippen molar-refractivity contribution in [1.29, 1.82) is 0 Å². The Hall–Kier alpha value is -1.58. The largest absolute Gasteiger partial charge is 0.388 e. The lowest BCUT2D eigenvalue weighted by Gasteiger charge is -2.04. The summed E-state index contributed by atoms with van der Waals surface area (Å²) in [6.07, 6.45) is 7.63. The van der Waals surface area contributed by atoms with E-state index in [0.717, 1.165) is 30.9 Å². The minimum absolute atomic E-state index is 0.227. The third-order valence-electron chi connectivity index (χ3n) is 2.24. The molecule has 2 rings (SSSR count). The number of hydrogen-bond acceptors (Lipinski definition) is 3. The van der Waals surface area contributed by atoms with Gasteiger partial charge in [0.25, 0.3) is 0 Å². The van der Waals surface area contributed by atoms with E-state index in [4.69, 9.17) is 0 Å². The van der Waals surface area contributed by atoms with Crippen molar-refractivity contribution >= 4 is 5.78 Å². The number of allylic oxidation sites excluding steroid dienone is 2. The number of H-pyrrole nitrogens is 1. The number of nitrogens with one attached hydrogen (secondary N) is 2. The molecule has 0 fully saturated rings. The average molecular weight is 191 g/mol. The van der Waals surface area contributed by atoms with Crippen molar-refractivity contribution in [2.45, 2.75) is 19.3 Å². The molecule has 74 valence electrons. The summed E-state index contributed by atoms with van der Waals surface area (Å²) in [5.41, 5.74) is 1.06. The number of hydrogen-bond donors (Lipinski definition) is 2. The number of carbonyl (C=O) groups excluding carboxylic acids is 1. The Labute approximate surface area is 82.4 Å². The van der Waals surface area contributed by atoms with Crippen LogP contribution in [0.2, 0.25) is 0 Å². The first kappa shape index (κ1) is 8.99. The van der Waals surface area contributed by atoms with E-state index in [1.165, 1.54) is 0 Å². The topological polar surface area (TPSA) is 57.8 Å². The molecule has 0 saturated carbocycles. The summed E-state index contributed by atoms with van der Waals surface area (Å²) >= 11 is 0. The molecule has 0 unspecified atom stereocenters. The summed E-state index contributed by atoms with van der Waals surface area (Å²) in [6.45, 7) is 0.826. The van der Waals surface area contributed by atoms with Gasteiger partial charge in [0.05, 0.1) is 0 Å². The minimum atomic E-state index is 0.227. The molecule has 0 radical (unpaired) electrons. The molecule has 0 saturated heterocycles. The summed E-state index contributed by atoms with van der Waals surface area (Å²) in [6, 6.07) is 0. The number of rotatable bonds is 4. The van der Waals surface area contributed by atoms with Crippen molar-refractivity contribution in [3.8, 4) is 0 Å². The minimum Gasteiger partial charge on any atom is -0.388 e. The fourth-order valence-corrected chi connectivity index (χ4v) is 1.51. The molecule has 1 aromatic heterocycles. The number of imidazole rings is 1. The van der Waals surface area contributed by atoms with Crippen molar-refractivity contribution in [2.24, 2.45) is 0 Å². The SMILES string of the molecule is O=C1C=C(NCCc2ncc[nH]2)CC1. The van der Waals surface area contributed by atoms with Crippen molar-refractivity contribution in [1.82, 2.24) is 15.3 Å². The van der Waals surface area contributed by atoms with Gasteiger partial charge in [-0.15, -0.1) is 0 Å². The number of nitrogens with zero attached hydrogens (tertiary/aromatic N) is 1. The maximum Gasteiger partial charge on any atom is 0.157 e. The van der Waals surface area contributed by atoms with Crippen molar-refractivity contribution in [3.63, 3.8) is 0 Å². The van der Waals surface area contributed by atoms with Gasteiger partial charge in [-0.1, -0.05) is 0 Å². The third-order valence-corrected chi connectivity index (χ3v) is 2.24. The highest BCUT2D eigenvalue weighted by molar-refractivity contribution is 5.92. The van der Waals surface area contributed by atoms with Crippen LogP contribution in [0.5, 0.6) is 0 Å². The number of aromatic nitrogens is 2. The Kier molecular flexibility index (Phi) is 2.62. The maximum absolute atomic E-state index is 10.9. The first-order valence-electron chi connectivity index (χ1n) is 4.80. The van der Waals surface area contributed by atoms with Gasteiger partial charge in [0.15, 0.2) is 5.78 Å². The van der Waals surface area contributed by atoms with Crippen LogP contribution in [0.1, 0.15) is 18.7 Å². The Morgan fingerprint density at radius 3 is 3.07 bits per heavy atom. The van der Waals surface area contributed by atoms with Crippen molar-refractivity contribution < 1.29 is 4.79 Å². The second-order valence-electron chi connectivity index (χ2n) is 3.35. The fourth-order valence-electron chi connectivity index (χ4n) is 1.51. The normalized spacial score (nSPS) is 15.7. The third kappa shape index (κ3) is 2.22. The van der Waals surface area contributed by atoms with Gasteiger partial charge in [0.1, 0.15) is 5.82 Å². The highest BCUT2D eigenvalue weighted by Crippen LogP contribution is 2.11. The lowest BCUT2D eigenvalue weighted by atomic mass is 10.3. The maximum atomic E-state index is 10.9. The molecule has 0 amide bonds. The molecule has 0 atom stereocenters. The van der Waals surface area contributed by atoms with Gasteiger partial charge in [-0.3, -0.25) is 4.79 Å². The van der Waals surface area contributed by atoms with Gasteiger partial charge in [0.2, 0.25) is 0 Å². The van der Waals surface area contributed by atoms with Crippen LogP contribution in [0.4, 0.5) is 0 Å². The molecule has 1 aliphatic rings. The van der Waals surface area contributed by atoms with Gasteiger partial charge in [-0.25, -0.2) is 4.98 Å². The van der Waals surface area contributed by atoms with Crippen molar-refractivity contribution in [3.05, 3.63) is 30.0 Å². The van der Waals surface area contributed by atoms with Crippen LogP contribution in [0.25, 0.3) is 0 Å². The van der Waals surface area contributed by atoms with Gasteiger partial charge >= 0.3 is 0 Å². The molecular weight excluding hydrogens is 178 g/mol. The highest BCUT2D eigenvalue weighted by atomic mass is 16.1. The van der Waals surface area contributed by atoms with E-state index in [-0.39, 0.29) is 5.78 Å². The fraction of sp³-hybridized carbons (Fsp3) is 0.400. The molecular formula is C10H13N3O. The van der Waals surface area contributed by atoms with Gasteiger partial charge in [-0.05, 0) is 6.42 Å². The van der Waals surface area contributed by atoms with Gasteiger partial charge in [0, 0.05) is 43.6 Å². The second-order valence-corrected chi connectivity index (χ2v) is 3.35. The molecule has 0 spiro atoms. The van der Waals surface area contributed by atoms with Crippen LogP contribution in [0, 0.1) is 0 Å². The molecule has 0 bridgehead atoms. The van der Waals surface area contributed by atoms with Gasteiger partial charge < -0.3 is 10.3 Å². The summed E-state index contributed by atoms with van der Waals surface area (Å²) in [7, 11) is 0. The van der Waals surface area contributed by atoms with E-state index in [9.17, 15) is 4.79 Å². The molecule has 0 aliphatic heterocycles. The number of aromatic amines is 1. The van der Waals surface area contributed by atoms with E-state index in [1.807, 2.05) is 6.20 Å². The van der Waals surface area contributed by atoms with Crippen LogP contribution in [0.15, 0.2) is 24.2 Å². The summed E-state index contributed by atoms with van der Waals surface area (Å²) in [5, 5.41) is 3.23. The van der Waals surface area contributed by atoms with Crippen molar-refractivity contribution in [2.75, 3.05) is 6.54 Å². The highest BCUT2D eigenvalue weighted by Gasteiger charge is 2.10. The smallest absolute Gasteiger partial charge is 0.157 e. The number of ketones is 1. The molecule has 1 aliphatic carbocycles. The van der Waals surface area contributed by atoms with E-state index in [0.29, 0.717) is 6.42 Å². The molecule has 1 heterocycles. The predicted molar refractivity (Wildman–Crippen MR) is 52.6 cm³/mol. The van der Waals surface area contributed by atoms with E-state index >= 15 is 0 Å². The molecule has 0 aromatic carbocycles. The van der Waals surface area contributed by atoms with E-state index in [1.54, 1.807) is 12.3 Å². The monoisotopic (exact) mass is 191 g/mol. The molecule has 4 nitrogen and oxygen atoms in total. The van der Waals surface area contributed by atoms with Crippen LogP contribution in [-0.2, 0) is 11.2 Å². The molecule has 14 heavy (non-hydrogen) atoms. The first-order chi connectivity index (χ1) is 6.84. The van der Waals surface area contributed by atoms with Crippen LogP contribution >= 0.6 is 0 Å². The molecule has 2 N–H and O–H groups in total. The molecule has 1 aromatic rings. The van der Waals surface area contributed by atoms with Crippen LogP contribution < -0.4 is 5.32 Å². The zero-order chi connectivity index (χ0) is 9.80. The van der Waals surface area contributed by atoms with Crippen LogP contribution in [-0.4, -0.2) is 22.3 Å². The zero-order valence-corrected chi connectivity index (χ0v) is 7.92. The zero-order valence-electron chi connectivity index (χ0n) is 7.92. The summed E-state index contributed by atoms with van der Waals surface area (Å²) < 4.78 is 0. The Morgan fingerprint density at radius 2 is 2.43 bits per heavy atom. The summed E-state index contributed by atoms with van der Waals surface area (Å²) in [4.78, 5) is 18.1. The first-order valence-corrected chi connectivity index (χ1v) is 4.80. The Balaban J connectivity index is 1.73. The summed E-state index contributed by atoms with van der Waals surface area (Å²) in [5.74, 6) is 1.20. The van der Waals surface area contributed by atoms with E-state index in [2.05, 4.69) is 15.3 Å².